The van der Waals surface area contributed by atoms with Gasteiger partial charge in [-0.25, -0.2) is 19.7 Å². The van der Waals surface area contributed by atoms with Gasteiger partial charge in [0.05, 0.1) is 35.8 Å². The number of pyridine rings is 2. The summed E-state index contributed by atoms with van der Waals surface area (Å²) in [4.78, 5) is 46.1. The Hall–Kier alpha value is -3.72. The molecule has 6 heterocycles. The lowest BCUT2D eigenvalue weighted by molar-refractivity contribution is -0.120. The molecule has 2 atom stereocenters. The Morgan fingerprint density at radius 3 is 2.72 bits per heavy atom. The number of piperidine rings is 1. The molecule has 226 valence electrons. The van der Waals surface area contributed by atoms with E-state index in [0.717, 1.165) is 37.3 Å². The summed E-state index contributed by atoms with van der Waals surface area (Å²) in [5.74, 6) is 1.04. The van der Waals surface area contributed by atoms with Crippen molar-refractivity contribution in [1.29, 1.82) is 0 Å². The Balaban J connectivity index is 1.11. The third-order valence-corrected chi connectivity index (χ3v) is 10.0. The summed E-state index contributed by atoms with van der Waals surface area (Å²) in [6, 6.07) is 3.36. The molecule has 43 heavy (non-hydrogen) atoms. The van der Waals surface area contributed by atoms with E-state index in [4.69, 9.17) is 27.8 Å². The van der Waals surface area contributed by atoms with Crippen molar-refractivity contribution in [2.24, 2.45) is 5.41 Å². The third kappa shape index (κ3) is 5.92. The van der Waals surface area contributed by atoms with Crippen LogP contribution in [0.25, 0.3) is 0 Å². The number of halogens is 1. The number of carbonyl (C=O) groups excluding carboxylic acids is 2. The van der Waals surface area contributed by atoms with Crippen LogP contribution in [-0.2, 0) is 16.1 Å². The van der Waals surface area contributed by atoms with E-state index in [1.165, 1.54) is 11.8 Å². The first kappa shape index (κ1) is 29.4. The predicted molar refractivity (Wildman–Crippen MR) is 164 cm³/mol. The van der Waals surface area contributed by atoms with E-state index in [-0.39, 0.29) is 35.7 Å². The lowest BCUT2D eigenvalue weighted by atomic mass is 9.73. The number of imide groups is 1. The Kier molecular flexibility index (Phi) is 8.27. The minimum Gasteiger partial charge on any atom is -0.382 e. The van der Waals surface area contributed by atoms with E-state index in [1.54, 1.807) is 35.8 Å². The molecule has 0 bridgehead atoms. The number of rotatable bonds is 7. The van der Waals surface area contributed by atoms with Gasteiger partial charge in [-0.3, -0.25) is 20.0 Å². The fourth-order valence-electron chi connectivity index (χ4n) is 6.06. The van der Waals surface area contributed by atoms with Gasteiger partial charge < -0.3 is 26.4 Å². The first-order valence-corrected chi connectivity index (χ1v) is 15.3. The number of carbonyl (C=O) groups is 2. The molecule has 1 spiro atoms. The first-order valence-electron chi connectivity index (χ1n) is 14.1. The standard InChI is InChI=1S/C28H33ClN10O3S/c1-16-23(34-12-17-2-7-32-13-18(17)39-9-4-21(40)37-27(39)41)28(15-42-16)5-10-38(11-6-28)20-14-35-26(25(31)36-20)43-19-3-8-33-24(30)22(19)29/h2-3,7-8,13-14,16,23,34H,4-6,9-12,15H2,1H3,(H2,30,33)(H2,31,36)(H,37,40,41)/t16-,23+/m0/s1. The molecule has 3 aromatic heterocycles. The van der Waals surface area contributed by atoms with Crippen molar-refractivity contribution in [3.63, 3.8) is 0 Å². The van der Waals surface area contributed by atoms with Crippen molar-refractivity contribution in [1.82, 2.24) is 30.6 Å². The van der Waals surface area contributed by atoms with Gasteiger partial charge in [-0.1, -0.05) is 23.4 Å². The van der Waals surface area contributed by atoms with Gasteiger partial charge in [0.15, 0.2) is 5.82 Å². The van der Waals surface area contributed by atoms with Crippen LogP contribution in [0.15, 0.2) is 46.8 Å². The molecular weight excluding hydrogens is 592 g/mol. The van der Waals surface area contributed by atoms with Crippen LogP contribution < -0.4 is 31.9 Å². The summed E-state index contributed by atoms with van der Waals surface area (Å²) in [6.07, 6.45) is 8.81. The molecule has 0 radical (unpaired) electrons. The average molecular weight is 625 g/mol. The number of hydrogen-bond donors (Lipinski definition) is 4. The van der Waals surface area contributed by atoms with Crippen LogP contribution in [0.2, 0.25) is 5.02 Å². The van der Waals surface area contributed by atoms with Crippen LogP contribution in [0.5, 0.6) is 0 Å². The number of anilines is 4. The van der Waals surface area contributed by atoms with Crippen molar-refractivity contribution >= 4 is 58.4 Å². The van der Waals surface area contributed by atoms with E-state index >= 15 is 0 Å². The molecule has 3 aliphatic rings. The van der Waals surface area contributed by atoms with Gasteiger partial charge in [-0.2, -0.15) is 0 Å². The third-order valence-electron chi connectivity index (χ3n) is 8.43. The zero-order valence-corrected chi connectivity index (χ0v) is 25.2. The van der Waals surface area contributed by atoms with Crippen LogP contribution in [0, 0.1) is 5.41 Å². The highest BCUT2D eigenvalue weighted by Gasteiger charge is 2.49. The summed E-state index contributed by atoms with van der Waals surface area (Å²) in [6.45, 7) is 5.19. The average Bonchev–Trinajstić information content (AvgIpc) is 3.30. The number of hydrogen-bond acceptors (Lipinski definition) is 12. The second kappa shape index (κ2) is 12.1. The predicted octanol–water partition coefficient (Wildman–Crippen LogP) is 2.85. The molecule has 6 rings (SSSR count). The number of nitrogen functional groups attached to an aromatic ring is 2. The molecule has 0 aromatic carbocycles. The second-order valence-electron chi connectivity index (χ2n) is 11.0. The van der Waals surface area contributed by atoms with Gasteiger partial charge in [0.2, 0.25) is 5.91 Å². The van der Waals surface area contributed by atoms with Crippen molar-refractivity contribution in [2.75, 3.05) is 47.5 Å². The van der Waals surface area contributed by atoms with Crippen LogP contribution >= 0.6 is 23.4 Å². The zero-order valence-electron chi connectivity index (χ0n) is 23.6. The van der Waals surface area contributed by atoms with Crippen molar-refractivity contribution in [2.45, 2.75) is 54.8 Å². The highest BCUT2D eigenvalue weighted by Crippen LogP contribution is 2.43. The maximum absolute atomic E-state index is 12.5. The van der Waals surface area contributed by atoms with Gasteiger partial charge in [-0.15, -0.1) is 0 Å². The number of nitrogens with one attached hydrogen (secondary N) is 2. The maximum atomic E-state index is 12.5. The lowest BCUT2D eigenvalue weighted by Crippen LogP contribution is -2.53. The molecule has 15 heteroatoms. The summed E-state index contributed by atoms with van der Waals surface area (Å²) in [5.41, 5.74) is 13.7. The first-order chi connectivity index (χ1) is 20.7. The largest absolute Gasteiger partial charge is 0.382 e. The van der Waals surface area contributed by atoms with E-state index in [1.807, 2.05) is 6.07 Å². The SMILES string of the molecule is C[C@@H]1OCC2(CCN(c3cnc(Sc4ccnc(N)c4Cl)c(N)n3)CC2)[C@@H]1NCc1ccncc1N1CCC(=O)NC1=O. The lowest BCUT2D eigenvalue weighted by Gasteiger charge is -2.43. The molecule has 3 aromatic rings. The fraction of sp³-hybridized carbons (Fsp3) is 0.429. The molecule has 0 unspecified atom stereocenters. The Labute approximate surface area is 258 Å². The highest BCUT2D eigenvalue weighted by molar-refractivity contribution is 7.99. The normalized spacial score (nSPS) is 21.8. The van der Waals surface area contributed by atoms with Crippen LogP contribution in [0.3, 0.4) is 0 Å². The van der Waals surface area contributed by atoms with E-state index in [0.29, 0.717) is 46.1 Å². The van der Waals surface area contributed by atoms with Gasteiger partial charge in [0, 0.05) is 61.3 Å². The van der Waals surface area contributed by atoms with E-state index in [2.05, 4.69) is 42.4 Å². The van der Waals surface area contributed by atoms with Gasteiger partial charge >= 0.3 is 6.03 Å². The molecule has 0 saturated carbocycles. The molecule has 6 N–H and O–H groups in total. The van der Waals surface area contributed by atoms with Gasteiger partial charge in [0.1, 0.15) is 16.7 Å². The molecule has 3 fully saturated rings. The molecule has 0 aliphatic carbocycles. The van der Waals surface area contributed by atoms with Crippen molar-refractivity contribution < 1.29 is 14.3 Å². The smallest absolute Gasteiger partial charge is 0.328 e. The zero-order chi connectivity index (χ0) is 30.1. The molecule has 3 aliphatic heterocycles. The highest BCUT2D eigenvalue weighted by atomic mass is 35.5. The van der Waals surface area contributed by atoms with Crippen LogP contribution in [0.1, 0.15) is 31.7 Å². The van der Waals surface area contributed by atoms with Gasteiger partial charge in [0.25, 0.3) is 0 Å². The minimum absolute atomic E-state index is 0.0218. The number of urea groups is 1. The Morgan fingerprint density at radius 2 is 1.95 bits per heavy atom. The summed E-state index contributed by atoms with van der Waals surface area (Å²) >= 11 is 7.59. The summed E-state index contributed by atoms with van der Waals surface area (Å²) in [5, 5.41) is 7.05. The summed E-state index contributed by atoms with van der Waals surface area (Å²) in [7, 11) is 0. The number of ether oxygens (including phenoxy) is 1. The molecular formula is C28H33ClN10O3S. The number of nitrogens with zero attached hydrogens (tertiary/aromatic N) is 6. The monoisotopic (exact) mass is 624 g/mol. The number of amides is 3. The molecule has 3 saturated heterocycles. The second-order valence-corrected chi connectivity index (χ2v) is 12.4. The maximum Gasteiger partial charge on any atom is 0.328 e. The minimum atomic E-state index is -0.423. The van der Waals surface area contributed by atoms with Crippen molar-refractivity contribution in [3.05, 3.63) is 47.5 Å². The van der Waals surface area contributed by atoms with E-state index < -0.39 is 6.03 Å². The van der Waals surface area contributed by atoms with E-state index in [9.17, 15) is 9.59 Å². The Bertz CT molecular complexity index is 1540. The number of aromatic nitrogens is 4. The quantitative estimate of drug-likeness (QED) is 0.303. The topological polar surface area (TPSA) is 178 Å². The van der Waals surface area contributed by atoms with Crippen molar-refractivity contribution in [3.8, 4) is 0 Å². The Morgan fingerprint density at radius 1 is 1.14 bits per heavy atom. The summed E-state index contributed by atoms with van der Waals surface area (Å²) < 4.78 is 6.19. The molecule has 13 nitrogen and oxygen atoms in total. The van der Waals surface area contributed by atoms with Crippen LogP contribution in [-0.4, -0.2) is 70.3 Å². The molecule has 3 amide bonds. The van der Waals surface area contributed by atoms with Gasteiger partial charge in [-0.05, 0) is 37.5 Å². The number of nitrogens with two attached hydrogens (primary N) is 2. The fourth-order valence-corrected chi connectivity index (χ4v) is 7.07. The van der Waals surface area contributed by atoms with Crippen LogP contribution in [0.4, 0.5) is 27.9 Å².